The predicted octanol–water partition coefficient (Wildman–Crippen LogP) is 3.14. The van der Waals surface area contributed by atoms with Crippen LogP contribution in [0.1, 0.15) is 24.0 Å². The van der Waals surface area contributed by atoms with Crippen LogP contribution in [0.4, 0.5) is 35.4 Å². The van der Waals surface area contributed by atoms with Gasteiger partial charge in [0, 0.05) is 44.6 Å². The number of amides is 2. The molecule has 1 aromatic carbocycles. The number of halogens is 3. The van der Waals surface area contributed by atoms with E-state index in [4.69, 9.17) is 0 Å². The molecule has 3 heterocycles. The summed E-state index contributed by atoms with van der Waals surface area (Å²) in [6, 6.07) is 5.10. The molecule has 2 fully saturated rings. The Morgan fingerprint density at radius 2 is 2.03 bits per heavy atom. The number of carbonyl (C=O) groups is 1. The molecular weight excluding hydrogens is 423 g/mol. The summed E-state index contributed by atoms with van der Waals surface area (Å²) in [5.41, 5.74) is -0.370. The first-order valence-electron chi connectivity index (χ1n) is 10.6. The fraction of sp³-hybridized carbons (Fsp3) is 0.476. The molecule has 2 aromatic rings. The van der Waals surface area contributed by atoms with Crippen LogP contribution in [0.5, 0.6) is 0 Å². The van der Waals surface area contributed by atoms with Gasteiger partial charge in [-0.1, -0.05) is 6.07 Å². The number of rotatable bonds is 6. The molecule has 0 spiro atoms. The Kier molecular flexibility index (Phi) is 6.35. The Balaban J connectivity index is 1.36. The standard InChI is InChI=1S/C21H26F3N7O/c1-25-19-26-7-5-18(29-19)31-10-6-16(13-31)28-20(32)27-15-4-3-14(12-30-8-2-9-30)17(11-15)21(22,23)24/h3-5,7,11,16H,2,6,8-10,12-13H2,1H3,(H,25,26,29)(H2,27,28,32). The summed E-state index contributed by atoms with van der Waals surface area (Å²) in [6.45, 7) is 3.13. The molecular formula is C21H26F3N7O. The quantitative estimate of drug-likeness (QED) is 0.628. The third-order valence-corrected chi connectivity index (χ3v) is 5.73. The molecule has 11 heteroatoms. The number of nitrogens with zero attached hydrogens (tertiary/aromatic N) is 4. The van der Waals surface area contributed by atoms with Gasteiger partial charge in [0.1, 0.15) is 5.82 Å². The molecule has 1 aromatic heterocycles. The summed E-state index contributed by atoms with van der Waals surface area (Å²) in [5, 5.41) is 8.27. The lowest BCUT2D eigenvalue weighted by atomic mass is 10.0. The van der Waals surface area contributed by atoms with Gasteiger partial charge in [-0.15, -0.1) is 0 Å². The Morgan fingerprint density at radius 1 is 1.22 bits per heavy atom. The molecule has 8 nitrogen and oxygen atoms in total. The van der Waals surface area contributed by atoms with Crippen molar-refractivity contribution in [1.82, 2.24) is 20.2 Å². The molecule has 2 aliphatic rings. The van der Waals surface area contributed by atoms with Gasteiger partial charge in [-0.05, 0) is 49.7 Å². The third kappa shape index (κ3) is 5.21. The van der Waals surface area contributed by atoms with E-state index < -0.39 is 17.8 Å². The van der Waals surface area contributed by atoms with Gasteiger partial charge in [-0.2, -0.15) is 18.2 Å². The number of benzene rings is 1. The van der Waals surface area contributed by atoms with E-state index in [-0.39, 0.29) is 23.8 Å². The number of hydrogen-bond acceptors (Lipinski definition) is 6. The summed E-state index contributed by atoms with van der Waals surface area (Å²) in [5.74, 6) is 1.26. The van der Waals surface area contributed by atoms with E-state index in [9.17, 15) is 18.0 Å². The lowest BCUT2D eigenvalue weighted by Crippen LogP contribution is -2.40. The largest absolute Gasteiger partial charge is 0.416 e. The van der Waals surface area contributed by atoms with Crippen molar-refractivity contribution >= 4 is 23.5 Å². The van der Waals surface area contributed by atoms with Crippen molar-refractivity contribution in [2.75, 3.05) is 48.8 Å². The molecule has 0 bridgehead atoms. The smallest absolute Gasteiger partial charge is 0.357 e. The van der Waals surface area contributed by atoms with E-state index in [1.807, 2.05) is 9.80 Å². The highest BCUT2D eigenvalue weighted by atomic mass is 19.4. The summed E-state index contributed by atoms with van der Waals surface area (Å²) in [4.78, 5) is 24.9. The number of nitrogens with one attached hydrogen (secondary N) is 3. The second kappa shape index (κ2) is 9.19. The summed E-state index contributed by atoms with van der Waals surface area (Å²) < 4.78 is 40.7. The number of anilines is 3. The zero-order valence-corrected chi connectivity index (χ0v) is 17.7. The zero-order chi connectivity index (χ0) is 22.7. The van der Waals surface area contributed by atoms with Crippen molar-refractivity contribution in [1.29, 1.82) is 0 Å². The normalized spacial score (nSPS) is 18.9. The van der Waals surface area contributed by atoms with Gasteiger partial charge in [-0.3, -0.25) is 4.90 Å². The van der Waals surface area contributed by atoms with Crippen LogP contribution in [0, 0.1) is 0 Å². The maximum Gasteiger partial charge on any atom is 0.416 e. The van der Waals surface area contributed by atoms with E-state index in [0.717, 1.165) is 31.4 Å². The highest BCUT2D eigenvalue weighted by Crippen LogP contribution is 2.35. The predicted molar refractivity (Wildman–Crippen MR) is 116 cm³/mol. The third-order valence-electron chi connectivity index (χ3n) is 5.73. The van der Waals surface area contributed by atoms with Gasteiger partial charge in [0.25, 0.3) is 0 Å². The van der Waals surface area contributed by atoms with Crippen LogP contribution in [0.15, 0.2) is 30.5 Å². The Bertz CT molecular complexity index is 965. The number of likely N-dealkylation sites (tertiary alicyclic amines) is 1. The highest BCUT2D eigenvalue weighted by Gasteiger charge is 2.34. The molecule has 1 atom stereocenters. The minimum Gasteiger partial charge on any atom is -0.357 e. The van der Waals surface area contributed by atoms with Crippen molar-refractivity contribution in [3.8, 4) is 0 Å². The lowest BCUT2D eigenvalue weighted by Gasteiger charge is -2.31. The van der Waals surface area contributed by atoms with Crippen molar-refractivity contribution in [2.45, 2.75) is 31.6 Å². The van der Waals surface area contributed by atoms with Crippen LogP contribution in [-0.4, -0.2) is 60.2 Å². The van der Waals surface area contributed by atoms with E-state index in [0.29, 0.717) is 25.5 Å². The molecule has 3 N–H and O–H groups in total. The minimum absolute atomic E-state index is 0.117. The maximum atomic E-state index is 13.6. The fourth-order valence-corrected chi connectivity index (χ4v) is 3.92. The monoisotopic (exact) mass is 449 g/mol. The molecule has 0 aliphatic carbocycles. The second-order valence-electron chi connectivity index (χ2n) is 8.02. The highest BCUT2D eigenvalue weighted by molar-refractivity contribution is 5.89. The number of carbonyl (C=O) groups excluding carboxylic acids is 1. The maximum absolute atomic E-state index is 13.6. The summed E-state index contributed by atoms with van der Waals surface area (Å²) >= 11 is 0. The van der Waals surface area contributed by atoms with Gasteiger partial charge in [0.15, 0.2) is 0 Å². The van der Waals surface area contributed by atoms with Crippen molar-refractivity contribution < 1.29 is 18.0 Å². The van der Waals surface area contributed by atoms with Gasteiger partial charge >= 0.3 is 12.2 Å². The number of aromatic nitrogens is 2. The summed E-state index contributed by atoms with van der Waals surface area (Å²) in [6.07, 6.45) is -1.11. The first-order valence-corrected chi connectivity index (χ1v) is 10.6. The number of hydrogen-bond donors (Lipinski definition) is 3. The topological polar surface area (TPSA) is 85.4 Å². The molecule has 172 valence electrons. The first kappa shape index (κ1) is 22.1. The van der Waals surface area contributed by atoms with Crippen LogP contribution in [-0.2, 0) is 12.7 Å². The minimum atomic E-state index is -4.48. The number of alkyl halides is 3. The van der Waals surface area contributed by atoms with Crippen LogP contribution < -0.4 is 20.9 Å². The van der Waals surface area contributed by atoms with Crippen molar-refractivity contribution in [2.24, 2.45) is 0 Å². The van der Waals surface area contributed by atoms with E-state index in [1.54, 1.807) is 19.3 Å². The Hall–Kier alpha value is -3.08. The van der Waals surface area contributed by atoms with Crippen molar-refractivity contribution in [3.63, 3.8) is 0 Å². The zero-order valence-electron chi connectivity index (χ0n) is 17.7. The van der Waals surface area contributed by atoms with Gasteiger partial charge < -0.3 is 20.9 Å². The molecule has 2 amide bonds. The van der Waals surface area contributed by atoms with Crippen molar-refractivity contribution in [3.05, 3.63) is 41.6 Å². The molecule has 2 aliphatic heterocycles. The van der Waals surface area contributed by atoms with E-state index in [2.05, 4.69) is 25.9 Å². The Morgan fingerprint density at radius 3 is 2.72 bits per heavy atom. The molecule has 0 radical (unpaired) electrons. The molecule has 4 rings (SSSR count). The van der Waals surface area contributed by atoms with Gasteiger partial charge in [-0.25, -0.2) is 9.78 Å². The van der Waals surface area contributed by atoms with Gasteiger partial charge in [0.05, 0.1) is 5.56 Å². The van der Waals surface area contributed by atoms with Crippen LogP contribution in [0.2, 0.25) is 0 Å². The van der Waals surface area contributed by atoms with Crippen LogP contribution in [0.3, 0.4) is 0 Å². The SMILES string of the molecule is CNc1nccc(N2CCC(NC(=O)Nc3ccc(CN4CCC4)c(C(F)(F)F)c3)C2)n1. The second-order valence-corrected chi connectivity index (χ2v) is 8.02. The Labute approximate surface area is 184 Å². The molecule has 2 saturated heterocycles. The molecule has 32 heavy (non-hydrogen) atoms. The van der Waals surface area contributed by atoms with E-state index >= 15 is 0 Å². The lowest BCUT2D eigenvalue weighted by molar-refractivity contribution is -0.138. The van der Waals surface area contributed by atoms with E-state index in [1.165, 1.54) is 12.1 Å². The van der Waals surface area contributed by atoms with Crippen LogP contribution >= 0.6 is 0 Å². The first-order chi connectivity index (χ1) is 15.3. The summed E-state index contributed by atoms with van der Waals surface area (Å²) in [7, 11) is 1.74. The average molecular weight is 449 g/mol. The molecule has 1 unspecified atom stereocenters. The van der Waals surface area contributed by atoms with Crippen LogP contribution in [0.25, 0.3) is 0 Å². The van der Waals surface area contributed by atoms with Gasteiger partial charge in [0.2, 0.25) is 5.95 Å². The number of urea groups is 1. The molecule has 0 saturated carbocycles. The fourth-order valence-electron chi connectivity index (χ4n) is 3.92. The average Bonchev–Trinajstić information content (AvgIpc) is 3.19.